The third-order valence-electron chi connectivity index (χ3n) is 7.57. The molecule has 1 saturated carbocycles. The first-order valence-electron chi connectivity index (χ1n) is 13.4. The third-order valence-corrected chi connectivity index (χ3v) is 7.57. The fourth-order valence-corrected chi connectivity index (χ4v) is 5.27. The molecule has 2 aromatic heterocycles. The molecule has 6 heteroatoms. The highest BCUT2D eigenvalue weighted by Crippen LogP contribution is 2.34. The molecule has 198 valence electrons. The first-order valence-corrected chi connectivity index (χ1v) is 13.4. The molecule has 3 heterocycles. The minimum Gasteiger partial charge on any atom is -0.328 e. The van der Waals surface area contributed by atoms with Gasteiger partial charge in [0.1, 0.15) is 11.5 Å². The van der Waals surface area contributed by atoms with E-state index in [1.165, 1.54) is 11.6 Å². The molecule has 2 aromatic rings. The van der Waals surface area contributed by atoms with Gasteiger partial charge in [-0.05, 0) is 97.1 Å². The Hall–Kier alpha value is -4.16. The van der Waals surface area contributed by atoms with Gasteiger partial charge in [-0.1, -0.05) is 49.1 Å². The summed E-state index contributed by atoms with van der Waals surface area (Å²) < 4.78 is 13.8. The highest BCUT2D eigenvalue weighted by molar-refractivity contribution is 5.87. The van der Waals surface area contributed by atoms with Crippen LogP contribution in [0.15, 0.2) is 113 Å². The molecule has 3 N–H and O–H groups in total. The van der Waals surface area contributed by atoms with Crippen LogP contribution < -0.4 is 5.73 Å². The average molecular weight is 520 g/mol. The lowest BCUT2D eigenvalue weighted by molar-refractivity contribution is 0.608. The predicted octanol–water partition coefficient (Wildman–Crippen LogP) is 7.27. The van der Waals surface area contributed by atoms with Crippen molar-refractivity contribution in [3.8, 4) is 11.4 Å². The molecule has 5 rings (SSSR count). The summed E-state index contributed by atoms with van der Waals surface area (Å²) in [5.74, 6) is 0.208. The van der Waals surface area contributed by atoms with Crippen molar-refractivity contribution in [2.45, 2.75) is 45.6 Å². The van der Waals surface area contributed by atoms with Crippen LogP contribution >= 0.6 is 0 Å². The smallest absolute Gasteiger partial charge is 0.144 e. The van der Waals surface area contributed by atoms with Crippen LogP contribution in [-0.2, 0) is 0 Å². The lowest BCUT2D eigenvalue weighted by atomic mass is 9.93. The topological polar surface area (TPSA) is 80.0 Å². The van der Waals surface area contributed by atoms with Crippen LogP contribution in [0.25, 0.3) is 17.0 Å². The Balaban J connectivity index is 1.37. The molecule has 5 nitrogen and oxygen atoms in total. The number of nitrogens with zero attached hydrogens (tertiary/aromatic N) is 3. The largest absolute Gasteiger partial charge is 0.328 e. The number of allylic oxidation sites excluding steroid dienone is 14. The first-order chi connectivity index (χ1) is 18.9. The maximum absolute atomic E-state index is 13.8. The molecule has 1 fully saturated rings. The van der Waals surface area contributed by atoms with Gasteiger partial charge in [0.05, 0.1) is 11.4 Å². The number of halogens is 1. The minimum atomic E-state index is -0.332. The van der Waals surface area contributed by atoms with Crippen molar-refractivity contribution >= 4 is 11.8 Å². The van der Waals surface area contributed by atoms with Crippen LogP contribution in [0.4, 0.5) is 4.39 Å². The lowest BCUT2D eigenvalue weighted by Crippen LogP contribution is -2.15. The van der Waals surface area contributed by atoms with Gasteiger partial charge in [0.15, 0.2) is 0 Å². The monoisotopic (exact) mass is 519 g/mol. The standard InChI is InChI=1S/C33H34FN5/c1-4-23(27-10-11-28(19-36-18-27)26-12-13-29(35)17-26)16-25-7-5-6-24(9-8-21(25)2)30-20-37-39-33(30)32-15-14-31(34)22(3)38-32/h4-10,14-16,18-20,26,29H,2,11-13,17,35H2,1,3H3,(H,37,39)/b7-5+,9-8-,23-4+,24-6-,25-16-/t26-,29+/m0/s1. The van der Waals surface area contributed by atoms with E-state index in [1.54, 1.807) is 13.0 Å². The quantitative estimate of drug-likeness (QED) is 0.436. The fourth-order valence-electron chi connectivity index (χ4n) is 5.27. The second kappa shape index (κ2) is 11.7. The summed E-state index contributed by atoms with van der Waals surface area (Å²) in [6.07, 6.45) is 26.7. The Morgan fingerprint density at radius 2 is 2.08 bits per heavy atom. The average Bonchev–Trinajstić information content (AvgIpc) is 3.51. The third kappa shape index (κ3) is 5.96. The molecule has 39 heavy (non-hydrogen) atoms. The summed E-state index contributed by atoms with van der Waals surface area (Å²) in [5, 5.41) is 7.31. The van der Waals surface area contributed by atoms with Gasteiger partial charge in [0.25, 0.3) is 0 Å². The van der Waals surface area contributed by atoms with Gasteiger partial charge >= 0.3 is 0 Å². The number of H-pyrrole nitrogens is 1. The SMILES string of the molecule is C=C1\C=C/C(c2c[nH]nc2-c2ccc(F)c(C)n2)=C/C=C/C1=C/C(=C\C)C1=CCC([C@H]2CC[C@@H](N)C2)=CN=C1. The van der Waals surface area contributed by atoms with Gasteiger partial charge in [-0.25, -0.2) is 9.37 Å². The Bertz CT molecular complexity index is 1520. The van der Waals surface area contributed by atoms with Gasteiger partial charge in [-0.2, -0.15) is 5.10 Å². The van der Waals surface area contributed by atoms with E-state index in [-0.39, 0.29) is 5.82 Å². The number of aromatic amines is 1. The summed E-state index contributed by atoms with van der Waals surface area (Å²) in [4.78, 5) is 9.01. The Labute approximate surface area is 229 Å². The molecule has 0 bridgehead atoms. The van der Waals surface area contributed by atoms with Crippen LogP contribution in [0, 0.1) is 18.7 Å². The van der Waals surface area contributed by atoms with E-state index < -0.39 is 0 Å². The fraction of sp³-hybridized carbons (Fsp3) is 0.242. The number of hydrogen-bond donors (Lipinski definition) is 2. The summed E-state index contributed by atoms with van der Waals surface area (Å²) in [7, 11) is 0. The van der Waals surface area contributed by atoms with Crippen molar-refractivity contribution in [2.75, 3.05) is 0 Å². The normalized spacial score (nSPS) is 25.8. The van der Waals surface area contributed by atoms with Crippen LogP contribution in [0.5, 0.6) is 0 Å². The van der Waals surface area contributed by atoms with Crippen molar-refractivity contribution in [2.24, 2.45) is 16.6 Å². The molecule has 0 amide bonds. The maximum atomic E-state index is 13.8. The predicted molar refractivity (Wildman–Crippen MR) is 158 cm³/mol. The van der Waals surface area contributed by atoms with Crippen molar-refractivity contribution in [3.05, 3.63) is 125 Å². The van der Waals surface area contributed by atoms with Crippen molar-refractivity contribution in [1.29, 1.82) is 0 Å². The van der Waals surface area contributed by atoms with Gasteiger partial charge in [-0.3, -0.25) is 10.1 Å². The molecule has 3 aliphatic rings. The maximum Gasteiger partial charge on any atom is 0.144 e. The molecule has 0 spiro atoms. The number of nitrogens with two attached hydrogens (primary N) is 1. The van der Waals surface area contributed by atoms with Crippen LogP contribution in [-0.4, -0.2) is 27.4 Å². The molecule has 0 radical (unpaired) electrons. The zero-order valence-electron chi connectivity index (χ0n) is 22.5. The summed E-state index contributed by atoms with van der Waals surface area (Å²) in [5.41, 5.74) is 15.1. The number of rotatable bonds is 5. The molecule has 2 aliphatic carbocycles. The molecule has 0 unspecified atom stereocenters. The number of pyridine rings is 1. The van der Waals surface area contributed by atoms with E-state index >= 15 is 0 Å². The highest BCUT2D eigenvalue weighted by atomic mass is 19.1. The van der Waals surface area contributed by atoms with E-state index in [4.69, 9.17) is 5.73 Å². The Morgan fingerprint density at radius 1 is 1.21 bits per heavy atom. The summed E-state index contributed by atoms with van der Waals surface area (Å²) in [6.45, 7) is 8.02. The lowest BCUT2D eigenvalue weighted by Gasteiger charge is -2.12. The number of aliphatic imine (C=N–C) groups is 1. The van der Waals surface area contributed by atoms with E-state index in [9.17, 15) is 4.39 Å². The van der Waals surface area contributed by atoms with Crippen molar-refractivity contribution in [1.82, 2.24) is 15.2 Å². The number of aryl methyl sites for hydroxylation is 1. The van der Waals surface area contributed by atoms with Crippen molar-refractivity contribution in [3.63, 3.8) is 0 Å². The molecule has 1 aliphatic heterocycles. The molecule has 0 saturated heterocycles. The van der Waals surface area contributed by atoms with Gasteiger partial charge in [0, 0.05) is 30.2 Å². The van der Waals surface area contributed by atoms with E-state index in [0.29, 0.717) is 29.0 Å². The highest BCUT2D eigenvalue weighted by Gasteiger charge is 2.25. The van der Waals surface area contributed by atoms with E-state index in [2.05, 4.69) is 51.1 Å². The summed E-state index contributed by atoms with van der Waals surface area (Å²) >= 11 is 0. The zero-order valence-corrected chi connectivity index (χ0v) is 22.5. The number of aromatic nitrogens is 3. The molecular formula is C33H34FN5. The van der Waals surface area contributed by atoms with E-state index in [0.717, 1.165) is 59.1 Å². The second-order valence-corrected chi connectivity index (χ2v) is 10.2. The second-order valence-electron chi connectivity index (χ2n) is 10.2. The zero-order chi connectivity index (χ0) is 27.4. The van der Waals surface area contributed by atoms with Gasteiger partial charge in [0.2, 0.25) is 0 Å². The number of nitrogens with one attached hydrogen (secondary N) is 1. The van der Waals surface area contributed by atoms with Gasteiger partial charge in [-0.15, -0.1) is 0 Å². The Morgan fingerprint density at radius 3 is 2.85 bits per heavy atom. The van der Waals surface area contributed by atoms with Crippen molar-refractivity contribution < 1.29 is 4.39 Å². The van der Waals surface area contributed by atoms with E-state index in [1.807, 2.05) is 49.8 Å². The molecule has 0 aromatic carbocycles. The first kappa shape index (κ1) is 26.4. The molecule has 2 atom stereocenters. The summed E-state index contributed by atoms with van der Waals surface area (Å²) in [6, 6.07) is 3.38. The van der Waals surface area contributed by atoms with Crippen LogP contribution in [0.3, 0.4) is 0 Å². The van der Waals surface area contributed by atoms with Crippen LogP contribution in [0.2, 0.25) is 0 Å². The number of hydrogen-bond acceptors (Lipinski definition) is 4. The molecular weight excluding hydrogens is 485 g/mol. The minimum absolute atomic E-state index is 0.311. The van der Waals surface area contributed by atoms with Crippen LogP contribution in [0.1, 0.15) is 43.9 Å². The van der Waals surface area contributed by atoms with Gasteiger partial charge < -0.3 is 5.73 Å². The Kier molecular flexibility index (Phi) is 7.94.